The molecule has 0 atom stereocenters. The molecule has 1 aliphatic carbocycles. The number of fused-ring (bicyclic) bond motifs is 1. The second-order valence-corrected chi connectivity index (χ2v) is 7.44. The number of hydrogen-bond donors (Lipinski definition) is 1. The van der Waals surface area contributed by atoms with Crippen molar-refractivity contribution in [2.75, 3.05) is 0 Å². The average Bonchev–Trinajstić information content (AvgIpc) is 3.32. The number of allylic oxidation sites excluding steroid dienone is 1. The highest BCUT2D eigenvalue weighted by atomic mass is 79.9. The molecule has 2 heterocycles. The molecule has 1 aliphatic rings. The van der Waals surface area contributed by atoms with E-state index in [-0.39, 0.29) is 11.4 Å². The van der Waals surface area contributed by atoms with Crippen LogP contribution in [0.4, 0.5) is 0 Å². The lowest BCUT2D eigenvalue weighted by molar-refractivity contribution is 1.08. The number of benzene rings is 1. The van der Waals surface area contributed by atoms with Gasteiger partial charge >= 0.3 is 0 Å². The molecule has 24 heavy (non-hydrogen) atoms. The first-order chi connectivity index (χ1) is 11.6. The zero-order valence-electron chi connectivity index (χ0n) is 12.4. The van der Waals surface area contributed by atoms with Crippen LogP contribution in [0.25, 0.3) is 22.6 Å². The molecule has 118 valence electrons. The van der Waals surface area contributed by atoms with Crippen molar-refractivity contribution in [1.29, 1.82) is 5.26 Å². The fourth-order valence-corrected chi connectivity index (χ4v) is 3.73. The molecule has 2 aromatic heterocycles. The highest BCUT2D eigenvalue weighted by Crippen LogP contribution is 2.41. The van der Waals surface area contributed by atoms with Crippen LogP contribution >= 0.6 is 27.3 Å². The Labute approximate surface area is 149 Å². The van der Waals surface area contributed by atoms with Gasteiger partial charge in [0.05, 0.1) is 27.2 Å². The van der Waals surface area contributed by atoms with E-state index in [9.17, 15) is 10.1 Å². The van der Waals surface area contributed by atoms with E-state index in [1.54, 1.807) is 29.5 Å². The molecular formula is C17H11BrN4OS. The van der Waals surface area contributed by atoms with Crippen LogP contribution in [0.1, 0.15) is 35.3 Å². The van der Waals surface area contributed by atoms with Gasteiger partial charge in [-0.25, -0.2) is 9.97 Å². The van der Waals surface area contributed by atoms with Gasteiger partial charge in [0.1, 0.15) is 6.07 Å². The zero-order chi connectivity index (χ0) is 16.7. The van der Waals surface area contributed by atoms with Crippen molar-refractivity contribution in [2.24, 2.45) is 0 Å². The average molecular weight is 399 g/mol. The summed E-state index contributed by atoms with van der Waals surface area (Å²) in [5, 5.41) is 13.0. The number of rotatable bonds is 3. The SMILES string of the molecule is N#CC(=Cc1csc(C2CC2)n1)c1nc2ccc(Br)cc2c(=O)[nH]1. The second kappa shape index (κ2) is 5.96. The minimum absolute atomic E-state index is 0.262. The Balaban J connectivity index is 1.78. The third kappa shape index (κ3) is 2.90. The molecule has 0 amide bonds. The number of H-pyrrole nitrogens is 1. The van der Waals surface area contributed by atoms with Crippen molar-refractivity contribution in [1.82, 2.24) is 15.0 Å². The Morgan fingerprint density at radius 1 is 1.42 bits per heavy atom. The molecule has 0 unspecified atom stereocenters. The minimum atomic E-state index is -0.269. The van der Waals surface area contributed by atoms with Gasteiger partial charge < -0.3 is 4.98 Å². The second-order valence-electron chi connectivity index (χ2n) is 5.63. The number of hydrogen-bond acceptors (Lipinski definition) is 5. The van der Waals surface area contributed by atoms with E-state index in [2.05, 4.69) is 37.0 Å². The Bertz CT molecular complexity index is 1070. The third-order valence-corrected chi connectivity index (χ3v) is 5.32. The van der Waals surface area contributed by atoms with Gasteiger partial charge in [0, 0.05) is 15.8 Å². The van der Waals surface area contributed by atoms with Crippen LogP contribution in [0.5, 0.6) is 0 Å². The summed E-state index contributed by atoms with van der Waals surface area (Å²) in [4.78, 5) is 23.9. The minimum Gasteiger partial charge on any atom is -0.305 e. The van der Waals surface area contributed by atoms with Crippen LogP contribution in [0.2, 0.25) is 0 Å². The van der Waals surface area contributed by atoms with Gasteiger partial charge in [0.25, 0.3) is 5.56 Å². The number of aromatic amines is 1. The van der Waals surface area contributed by atoms with Gasteiger partial charge in [0.15, 0.2) is 5.82 Å². The van der Waals surface area contributed by atoms with Crippen LogP contribution in [0.15, 0.2) is 32.8 Å². The van der Waals surface area contributed by atoms with Crippen molar-refractivity contribution >= 4 is 49.8 Å². The first-order valence-corrected chi connectivity index (χ1v) is 9.08. The lowest BCUT2D eigenvalue weighted by Gasteiger charge is -2.02. The maximum absolute atomic E-state index is 12.3. The van der Waals surface area contributed by atoms with Crippen LogP contribution < -0.4 is 5.56 Å². The predicted octanol–water partition coefficient (Wildman–Crippen LogP) is 4.08. The van der Waals surface area contributed by atoms with Crippen molar-refractivity contribution in [3.63, 3.8) is 0 Å². The summed E-state index contributed by atoms with van der Waals surface area (Å²) < 4.78 is 0.807. The molecule has 0 bridgehead atoms. The first kappa shape index (κ1) is 15.2. The third-order valence-electron chi connectivity index (χ3n) is 3.80. The lowest BCUT2D eigenvalue weighted by Crippen LogP contribution is -2.11. The quantitative estimate of drug-likeness (QED) is 0.673. The zero-order valence-corrected chi connectivity index (χ0v) is 14.8. The molecule has 4 rings (SSSR count). The monoisotopic (exact) mass is 398 g/mol. The topological polar surface area (TPSA) is 82.4 Å². The van der Waals surface area contributed by atoms with E-state index >= 15 is 0 Å². The molecule has 5 nitrogen and oxygen atoms in total. The van der Waals surface area contributed by atoms with E-state index in [0.29, 0.717) is 22.4 Å². The summed E-state index contributed by atoms with van der Waals surface area (Å²) in [5.41, 5.74) is 1.31. The van der Waals surface area contributed by atoms with Crippen LogP contribution in [0.3, 0.4) is 0 Å². The number of nitrogens with one attached hydrogen (secondary N) is 1. The van der Waals surface area contributed by atoms with E-state index in [1.165, 1.54) is 12.8 Å². The number of thiazole rings is 1. The highest BCUT2D eigenvalue weighted by Gasteiger charge is 2.26. The Morgan fingerprint density at radius 3 is 3.00 bits per heavy atom. The van der Waals surface area contributed by atoms with E-state index in [4.69, 9.17) is 0 Å². The number of nitrogens with zero attached hydrogens (tertiary/aromatic N) is 3. The maximum Gasteiger partial charge on any atom is 0.259 e. The van der Waals surface area contributed by atoms with E-state index < -0.39 is 0 Å². The van der Waals surface area contributed by atoms with Crippen molar-refractivity contribution in [3.05, 3.63) is 54.9 Å². The van der Waals surface area contributed by atoms with Crippen LogP contribution in [-0.4, -0.2) is 15.0 Å². The Hall–Kier alpha value is -2.30. The van der Waals surface area contributed by atoms with E-state index in [0.717, 1.165) is 15.2 Å². The molecule has 1 saturated carbocycles. The molecule has 1 fully saturated rings. The standard InChI is InChI=1S/C17H11BrN4OS/c18-11-3-4-14-13(6-11)16(23)22-15(21-14)10(7-19)5-12-8-24-17(20-12)9-1-2-9/h3-6,8-9H,1-2H2,(H,21,22,23). The summed E-state index contributed by atoms with van der Waals surface area (Å²) in [6.45, 7) is 0. The van der Waals surface area contributed by atoms with Crippen molar-refractivity contribution in [2.45, 2.75) is 18.8 Å². The molecule has 0 radical (unpaired) electrons. The number of aromatic nitrogens is 3. The summed E-state index contributed by atoms with van der Waals surface area (Å²) in [5.74, 6) is 0.845. The fourth-order valence-electron chi connectivity index (χ4n) is 2.42. The lowest BCUT2D eigenvalue weighted by atomic mass is 10.2. The molecule has 0 saturated heterocycles. The van der Waals surface area contributed by atoms with Gasteiger partial charge in [0.2, 0.25) is 0 Å². The molecule has 1 N–H and O–H groups in total. The molecule has 7 heteroatoms. The summed E-state index contributed by atoms with van der Waals surface area (Å²) in [6.07, 6.45) is 4.05. The van der Waals surface area contributed by atoms with Gasteiger partial charge in [-0.15, -0.1) is 11.3 Å². The Morgan fingerprint density at radius 2 is 2.25 bits per heavy atom. The number of halogens is 1. The molecule has 0 aliphatic heterocycles. The fraction of sp³-hybridized carbons (Fsp3) is 0.176. The van der Waals surface area contributed by atoms with E-state index in [1.807, 2.05) is 11.4 Å². The summed E-state index contributed by atoms with van der Waals surface area (Å²) >= 11 is 4.95. The predicted molar refractivity (Wildman–Crippen MR) is 97.6 cm³/mol. The largest absolute Gasteiger partial charge is 0.305 e. The summed E-state index contributed by atoms with van der Waals surface area (Å²) in [7, 11) is 0. The van der Waals surface area contributed by atoms with Gasteiger partial charge in [-0.1, -0.05) is 15.9 Å². The molecule has 1 aromatic carbocycles. The van der Waals surface area contributed by atoms with Crippen LogP contribution in [0, 0.1) is 11.3 Å². The van der Waals surface area contributed by atoms with Gasteiger partial charge in [-0.05, 0) is 37.1 Å². The van der Waals surface area contributed by atoms with Crippen molar-refractivity contribution in [3.8, 4) is 6.07 Å². The Kier molecular flexibility index (Phi) is 3.79. The molecule has 3 aromatic rings. The molecular weight excluding hydrogens is 388 g/mol. The summed E-state index contributed by atoms with van der Waals surface area (Å²) in [6, 6.07) is 7.39. The van der Waals surface area contributed by atoms with Crippen LogP contribution in [-0.2, 0) is 0 Å². The van der Waals surface area contributed by atoms with Gasteiger partial charge in [-0.3, -0.25) is 4.79 Å². The normalized spacial score (nSPS) is 14.8. The van der Waals surface area contributed by atoms with Gasteiger partial charge in [-0.2, -0.15) is 5.26 Å². The highest BCUT2D eigenvalue weighted by molar-refractivity contribution is 9.10. The smallest absolute Gasteiger partial charge is 0.259 e. The maximum atomic E-state index is 12.3. The van der Waals surface area contributed by atoms with Crippen molar-refractivity contribution < 1.29 is 0 Å². The molecule has 0 spiro atoms. The number of nitriles is 1. The first-order valence-electron chi connectivity index (χ1n) is 7.41.